The molecule has 2 aromatic carbocycles. The number of ether oxygens (including phenoxy) is 1. The Balaban J connectivity index is 1.86. The number of nitrogens with zero attached hydrogens (tertiary/aromatic N) is 2. The molecule has 170 valence electrons. The van der Waals surface area contributed by atoms with Gasteiger partial charge in [0.25, 0.3) is 0 Å². The summed E-state index contributed by atoms with van der Waals surface area (Å²) in [6.07, 6.45) is -0.640. The molecule has 10 heteroatoms. The fraction of sp³-hybridized carbons (Fsp3) is 0.318. The minimum atomic E-state index is -0.958. The summed E-state index contributed by atoms with van der Waals surface area (Å²) in [4.78, 5) is 29.8. The molecular formula is C22H24Cl2N4O4. The molecule has 3 N–H and O–H groups in total. The number of aliphatic carboxylic acids is 1. The molecule has 0 aliphatic carbocycles. The van der Waals surface area contributed by atoms with Crippen molar-refractivity contribution in [3.8, 4) is 5.75 Å². The molecule has 0 aromatic heterocycles. The number of hydrogen-bond acceptors (Lipinski definition) is 5. The molecule has 2 aromatic rings. The fourth-order valence-corrected chi connectivity index (χ4v) is 3.39. The molecule has 1 heterocycles. The summed E-state index contributed by atoms with van der Waals surface area (Å²) in [6, 6.07) is 11.9. The van der Waals surface area contributed by atoms with E-state index in [-0.39, 0.29) is 31.4 Å². The predicted octanol–water partition coefficient (Wildman–Crippen LogP) is 4.96. The maximum atomic E-state index is 12.8. The number of halogens is 2. The van der Waals surface area contributed by atoms with Crippen molar-refractivity contribution >= 4 is 46.8 Å². The number of rotatable bonds is 8. The number of carboxylic acid groups (broad SMARTS) is 1. The van der Waals surface area contributed by atoms with Crippen LogP contribution in [0.15, 0.2) is 47.5 Å². The van der Waals surface area contributed by atoms with Gasteiger partial charge in [0, 0.05) is 17.1 Å². The van der Waals surface area contributed by atoms with E-state index in [1.54, 1.807) is 30.3 Å². The van der Waals surface area contributed by atoms with Crippen LogP contribution in [0.4, 0.5) is 10.5 Å². The average molecular weight is 479 g/mol. The molecule has 8 nitrogen and oxygen atoms in total. The van der Waals surface area contributed by atoms with Crippen molar-refractivity contribution in [2.75, 3.05) is 5.32 Å². The zero-order valence-electron chi connectivity index (χ0n) is 17.6. The second-order valence-corrected chi connectivity index (χ2v) is 8.34. The van der Waals surface area contributed by atoms with Crippen molar-refractivity contribution in [3.05, 3.63) is 58.1 Å². The summed E-state index contributed by atoms with van der Waals surface area (Å²) < 4.78 is 5.66. The number of urea groups is 1. The van der Waals surface area contributed by atoms with Gasteiger partial charge in [0.2, 0.25) is 5.96 Å². The largest absolute Gasteiger partial charge is 0.489 e. The lowest BCUT2D eigenvalue weighted by Crippen LogP contribution is -2.54. The van der Waals surface area contributed by atoms with Gasteiger partial charge in [-0.1, -0.05) is 35.3 Å². The molecule has 1 unspecified atom stereocenters. The normalized spacial score (nSPS) is 15.9. The van der Waals surface area contributed by atoms with E-state index in [4.69, 9.17) is 33.0 Å². The van der Waals surface area contributed by atoms with Crippen molar-refractivity contribution < 1.29 is 19.4 Å². The number of guanidine groups is 1. The second kappa shape index (κ2) is 10.6. The SMILES string of the molecule is CC(C)Oc1ccc(NC2=NC(CCC(=O)O)NC(=O)N2Cc2ccc(Cl)cc2)cc1Cl. The van der Waals surface area contributed by atoms with Gasteiger partial charge in [0.05, 0.1) is 17.7 Å². The van der Waals surface area contributed by atoms with Crippen molar-refractivity contribution in [1.29, 1.82) is 0 Å². The van der Waals surface area contributed by atoms with Gasteiger partial charge >= 0.3 is 12.0 Å². The van der Waals surface area contributed by atoms with Crippen molar-refractivity contribution in [2.24, 2.45) is 4.99 Å². The van der Waals surface area contributed by atoms with E-state index >= 15 is 0 Å². The van der Waals surface area contributed by atoms with Gasteiger partial charge in [0.1, 0.15) is 11.9 Å². The molecule has 0 saturated heterocycles. The van der Waals surface area contributed by atoms with Gasteiger partial charge in [-0.2, -0.15) is 0 Å². The summed E-state index contributed by atoms with van der Waals surface area (Å²) in [7, 11) is 0. The number of aliphatic imine (C=N–C) groups is 1. The lowest BCUT2D eigenvalue weighted by atomic mass is 10.2. The van der Waals surface area contributed by atoms with Crippen LogP contribution in [0.2, 0.25) is 10.0 Å². The highest BCUT2D eigenvalue weighted by Crippen LogP contribution is 2.29. The standard InChI is InChI=1S/C22H24Cl2N4O4/c1-13(2)32-18-8-7-16(11-17(18)24)25-21-26-19(9-10-20(29)30)27-22(31)28(21)12-14-3-5-15(23)6-4-14/h3-8,11,13,19H,9-10,12H2,1-2H3,(H,25,26)(H,27,31)(H,29,30). The van der Waals surface area contributed by atoms with Gasteiger partial charge < -0.3 is 20.5 Å². The minimum absolute atomic E-state index is 0.0254. The Morgan fingerprint density at radius 2 is 1.97 bits per heavy atom. The number of carbonyl (C=O) groups is 2. The molecule has 2 amide bonds. The zero-order valence-corrected chi connectivity index (χ0v) is 19.2. The van der Waals surface area contributed by atoms with E-state index in [0.29, 0.717) is 21.5 Å². The molecule has 3 rings (SSSR count). The molecule has 0 spiro atoms. The maximum absolute atomic E-state index is 12.8. The van der Waals surface area contributed by atoms with Crippen LogP contribution in [-0.2, 0) is 11.3 Å². The summed E-state index contributed by atoms with van der Waals surface area (Å²) in [5.74, 6) is -0.124. The van der Waals surface area contributed by atoms with Crippen molar-refractivity contribution in [2.45, 2.75) is 45.5 Å². The average Bonchev–Trinajstić information content (AvgIpc) is 2.72. The number of anilines is 1. The van der Waals surface area contributed by atoms with Crippen LogP contribution in [0.5, 0.6) is 5.75 Å². The van der Waals surface area contributed by atoms with E-state index in [9.17, 15) is 9.59 Å². The molecule has 0 saturated carbocycles. The summed E-state index contributed by atoms with van der Waals surface area (Å²) in [5.41, 5.74) is 1.46. The Morgan fingerprint density at radius 3 is 2.59 bits per heavy atom. The molecule has 1 aliphatic heterocycles. The molecule has 1 aliphatic rings. The van der Waals surface area contributed by atoms with E-state index in [2.05, 4.69) is 15.6 Å². The Morgan fingerprint density at radius 1 is 1.25 bits per heavy atom. The number of amides is 2. The van der Waals surface area contributed by atoms with Gasteiger partial charge in [-0.15, -0.1) is 0 Å². The van der Waals surface area contributed by atoms with Gasteiger partial charge in [-0.05, 0) is 56.2 Å². The van der Waals surface area contributed by atoms with Crippen LogP contribution in [0.3, 0.4) is 0 Å². The van der Waals surface area contributed by atoms with Crippen LogP contribution >= 0.6 is 23.2 Å². The van der Waals surface area contributed by atoms with E-state index in [0.717, 1.165) is 5.56 Å². The summed E-state index contributed by atoms with van der Waals surface area (Å²) >= 11 is 12.3. The second-order valence-electron chi connectivity index (χ2n) is 7.50. The first-order valence-corrected chi connectivity index (χ1v) is 10.8. The topological polar surface area (TPSA) is 103 Å². The zero-order chi connectivity index (χ0) is 23.3. The quantitative estimate of drug-likeness (QED) is 0.497. The molecule has 1 atom stereocenters. The molecule has 0 bridgehead atoms. The molecule has 32 heavy (non-hydrogen) atoms. The summed E-state index contributed by atoms with van der Waals surface area (Å²) in [5, 5.41) is 15.9. The Kier molecular flexibility index (Phi) is 7.82. The first kappa shape index (κ1) is 23.7. The first-order chi connectivity index (χ1) is 15.2. The monoisotopic (exact) mass is 478 g/mol. The van der Waals surface area contributed by atoms with Gasteiger partial charge in [0.15, 0.2) is 0 Å². The number of nitrogens with one attached hydrogen (secondary N) is 2. The number of carboxylic acids is 1. The van der Waals surface area contributed by atoms with Crippen molar-refractivity contribution in [1.82, 2.24) is 10.2 Å². The fourth-order valence-electron chi connectivity index (χ4n) is 3.04. The third-order valence-electron chi connectivity index (χ3n) is 4.51. The number of hydrogen-bond donors (Lipinski definition) is 3. The number of benzene rings is 2. The Labute approximate surface area is 196 Å². The third-order valence-corrected chi connectivity index (χ3v) is 5.05. The maximum Gasteiger partial charge on any atom is 0.326 e. The van der Waals surface area contributed by atoms with E-state index in [1.807, 2.05) is 26.0 Å². The molecule has 0 fully saturated rings. The lowest BCUT2D eigenvalue weighted by molar-refractivity contribution is -0.137. The van der Waals surface area contributed by atoms with Crippen LogP contribution in [0.1, 0.15) is 32.3 Å². The van der Waals surface area contributed by atoms with Gasteiger partial charge in [-0.25, -0.2) is 9.79 Å². The van der Waals surface area contributed by atoms with Crippen LogP contribution in [0.25, 0.3) is 0 Å². The van der Waals surface area contributed by atoms with Gasteiger partial charge in [-0.3, -0.25) is 9.69 Å². The van der Waals surface area contributed by atoms with Crippen LogP contribution in [-0.4, -0.2) is 40.2 Å². The Bertz CT molecular complexity index is 1010. The number of carbonyl (C=O) groups excluding carboxylic acids is 1. The lowest BCUT2D eigenvalue weighted by Gasteiger charge is -2.32. The highest BCUT2D eigenvalue weighted by atomic mass is 35.5. The minimum Gasteiger partial charge on any atom is -0.489 e. The predicted molar refractivity (Wildman–Crippen MR) is 124 cm³/mol. The molecular weight excluding hydrogens is 455 g/mol. The Hall–Kier alpha value is -2.97. The third kappa shape index (κ3) is 6.51. The highest BCUT2D eigenvalue weighted by Gasteiger charge is 2.29. The van der Waals surface area contributed by atoms with E-state index in [1.165, 1.54) is 4.90 Å². The molecule has 0 radical (unpaired) electrons. The first-order valence-electron chi connectivity index (χ1n) is 10.1. The summed E-state index contributed by atoms with van der Waals surface area (Å²) in [6.45, 7) is 4.05. The smallest absolute Gasteiger partial charge is 0.326 e. The van der Waals surface area contributed by atoms with Crippen molar-refractivity contribution in [3.63, 3.8) is 0 Å². The highest BCUT2D eigenvalue weighted by molar-refractivity contribution is 6.32. The van der Waals surface area contributed by atoms with Crippen LogP contribution in [0, 0.1) is 0 Å². The van der Waals surface area contributed by atoms with Crippen LogP contribution < -0.4 is 15.4 Å². The van der Waals surface area contributed by atoms with E-state index < -0.39 is 18.2 Å².